The van der Waals surface area contributed by atoms with E-state index < -0.39 is 0 Å². The van der Waals surface area contributed by atoms with Crippen LogP contribution in [0.3, 0.4) is 0 Å². The highest BCUT2D eigenvalue weighted by molar-refractivity contribution is 6.26. The van der Waals surface area contributed by atoms with E-state index >= 15 is 0 Å². The Morgan fingerprint density at radius 3 is 1.81 bits per heavy atom. The Kier molecular flexibility index (Phi) is 5.54. The molecule has 0 bridgehead atoms. The molecule has 220 valence electrons. The Bertz CT molecular complexity index is 2860. The van der Waals surface area contributed by atoms with Crippen molar-refractivity contribution in [2.24, 2.45) is 0 Å². The fourth-order valence-corrected chi connectivity index (χ4v) is 7.45. The lowest BCUT2D eigenvalue weighted by Crippen LogP contribution is -1.97. The molecule has 4 heteroatoms. The van der Waals surface area contributed by atoms with Crippen LogP contribution in [0.15, 0.2) is 169 Å². The van der Waals surface area contributed by atoms with Crippen molar-refractivity contribution in [1.82, 2.24) is 14.1 Å². The zero-order chi connectivity index (χ0) is 30.9. The molecule has 0 saturated carbocycles. The molecule has 0 atom stereocenters. The minimum Gasteiger partial charge on any atom is -0.461 e. The summed E-state index contributed by atoms with van der Waals surface area (Å²) in [6.07, 6.45) is 5.63. The SMILES string of the molecule is c1ccc(-n2ccoc3cc4c(cc32)c2ccc(-n3c5ccccc5c5ccccc53)cc2c2ccccc2c2cccnc24)cc1. The highest BCUT2D eigenvalue weighted by Gasteiger charge is 2.16. The summed E-state index contributed by atoms with van der Waals surface area (Å²) in [5.74, 6) is 0. The predicted molar refractivity (Wildman–Crippen MR) is 195 cm³/mol. The lowest BCUT2D eigenvalue weighted by molar-refractivity contribution is 0.593. The Morgan fingerprint density at radius 1 is 0.426 bits per heavy atom. The van der Waals surface area contributed by atoms with Crippen LogP contribution in [0.1, 0.15) is 0 Å². The molecule has 10 rings (SSSR count). The van der Waals surface area contributed by atoms with Gasteiger partial charge in [-0.3, -0.25) is 4.98 Å². The lowest BCUT2D eigenvalue weighted by atomic mass is 9.95. The van der Waals surface area contributed by atoms with Gasteiger partial charge < -0.3 is 13.6 Å². The van der Waals surface area contributed by atoms with Crippen LogP contribution in [0, 0.1) is 0 Å². The zero-order valence-corrected chi connectivity index (χ0v) is 25.3. The van der Waals surface area contributed by atoms with E-state index in [4.69, 9.17) is 9.40 Å². The Hall–Kier alpha value is -6.39. The number of aromatic nitrogens is 3. The molecular formula is C43H27N3O. The summed E-state index contributed by atoms with van der Waals surface area (Å²) in [5.41, 5.74) is 7.31. The minimum absolute atomic E-state index is 0.795. The van der Waals surface area contributed by atoms with Gasteiger partial charge in [0.15, 0.2) is 5.58 Å². The van der Waals surface area contributed by atoms with Gasteiger partial charge in [-0.15, -0.1) is 0 Å². The number of rotatable bonds is 2. The Balaban J connectivity index is 1.42. The minimum atomic E-state index is 0.795. The molecule has 3 heterocycles. The lowest BCUT2D eigenvalue weighted by Gasteiger charge is -2.15. The second-order valence-corrected chi connectivity index (χ2v) is 12.0. The molecule has 4 nitrogen and oxygen atoms in total. The number of nitrogens with zero attached hydrogens (tertiary/aromatic N) is 3. The monoisotopic (exact) mass is 601 g/mol. The van der Waals surface area contributed by atoms with Crippen molar-refractivity contribution >= 4 is 76.1 Å². The van der Waals surface area contributed by atoms with Gasteiger partial charge in [0.1, 0.15) is 6.26 Å². The average Bonchev–Trinajstić information content (AvgIpc) is 3.48. The fourth-order valence-electron chi connectivity index (χ4n) is 7.45. The molecule has 0 fully saturated rings. The van der Waals surface area contributed by atoms with Gasteiger partial charge in [-0.25, -0.2) is 0 Å². The third-order valence-electron chi connectivity index (χ3n) is 9.50. The summed E-state index contributed by atoms with van der Waals surface area (Å²) in [4.78, 5) is 5.00. The maximum Gasteiger partial charge on any atom is 0.151 e. The molecular weight excluding hydrogens is 574 g/mol. The molecule has 0 spiro atoms. The van der Waals surface area contributed by atoms with Crippen molar-refractivity contribution in [3.63, 3.8) is 0 Å². The van der Waals surface area contributed by atoms with Crippen LogP contribution >= 0.6 is 0 Å². The van der Waals surface area contributed by atoms with Crippen LogP contribution in [0.2, 0.25) is 0 Å². The van der Waals surface area contributed by atoms with Crippen molar-refractivity contribution in [3.05, 3.63) is 164 Å². The van der Waals surface area contributed by atoms with E-state index in [0.717, 1.165) is 54.9 Å². The fraction of sp³-hybridized carbons (Fsp3) is 0. The van der Waals surface area contributed by atoms with E-state index in [1.165, 1.54) is 32.6 Å². The molecule has 0 unspecified atom stereocenters. The molecule has 0 radical (unpaired) electrons. The Labute approximate surface area is 269 Å². The van der Waals surface area contributed by atoms with E-state index in [2.05, 4.69) is 143 Å². The first-order valence-corrected chi connectivity index (χ1v) is 15.9. The first-order valence-electron chi connectivity index (χ1n) is 15.9. The molecule has 7 aromatic carbocycles. The maximum absolute atomic E-state index is 6.18. The first kappa shape index (κ1) is 25.9. The zero-order valence-electron chi connectivity index (χ0n) is 25.3. The number of hydrogen-bond donors (Lipinski definition) is 0. The summed E-state index contributed by atoms with van der Waals surface area (Å²) in [7, 11) is 0. The molecule has 10 aromatic rings. The summed E-state index contributed by atoms with van der Waals surface area (Å²) >= 11 is 0. The molecule has 0 saturated heterocycles. The standard InChI is InChI=1S/C43H27N3O/c1-2-11-28(12-3-1)45-23-24-47-42-27-38-37(26-41(42)45)32-21-20-29(46-39-18-8-6-15-33(39)34-16-7-9-19-40(34)46)25-36(32)31-14-5-4-13-30(31)35-17-10-22-44-43(35)38/h1-27H. The Morgan fingerprint density at radius 2 is 1.04 bits per heavy atom. The van der Waals surface area contributed by atoms with Gasteiger partial charge in [-0.1, -0.05) is 91.0 Å². The molecule has 0 aliphatic carbocycles. The molecule has 0 amide bonds. The van der Waals surface area contributed by atoms with Gasteiger partial charge >= 0.3 is 0 Å². The summed E-state index contributed by atoms with van der Waals surface area (Å²) in [5, 5.41) is 10.4. The van der Waals surface area contributed by atoms with E-state index in [-0.39, 0.29) is 0 Å². The van der Waals surface area contributed by atoms with Crippen molar-refractivity contribution in [3.8, 4) is 11.4 Å². The van der Waals surface area contributed by atoms with Crippen LogP contribution in [0.4, 0.5) is 0 Å². The van der Waals surface area contributed by atoms with Crippen molar-refractivity contribution in [2.45, 2.75) is 0 Å². The third kappa shape index (κ3) is 3.85. The number of fused-ring (bicyclic) bond motifs is 12. The van der Waals surface area contributed by atoms with Gasteiger partial charge in [0, 0.05) is 45.3 Å². The number of hydrogen-bond acceptors (Lipinski definition) is 2. The normalized spacial score (nSPS) is 11.8. The molecule has 3 aromatic heterocycles. The van der Waals surface area contributed by atoms with E-state index in [1.807, 2.05) is 24.5 Å². The van der Waals surface area contributed by atoms with Crippen molar-refractivity contribution in [1.29, 1.82) is 0 Å². The molecule has 0 aliphatic heterocycles. The van der Waals surface area contributed by atoms with E-state index in [9.17, 15) is 0 Å². The third-order valence-corrected chi connectivity index (χ3v) is 9.50. The predicted octanol–water partition coefficient (Wildman–Crippen LogP) is 11.5. The van der Waals surface area contributed by atoms with Gasteiger partial charge in [-0.2, -0.15) is 0 Å². The largest absolute Gasteiger partial charge is 0.461 e. The summed E-state index contributed by atoms with van der Waals surface area (Å²) in [6, 6.07) is 52.0. The number of para-hydroxylation sites is 3. The van der Waals surface area contributed by atoms with Crippen molar-refractivity contribution < 1.29 is 4.42 Å². The van der Waals surface area contributed by atoms with Crippen molar-refractivity contribution in [2.75, 3.05) is 0 Å². The number of pyridine rings is 1. The van der Waals surface area contributed by atoms with Crippen LogP contribution in [-0.2, 0) is 0 Å². The highest BCUT2D eigenvalue weighted by atomic mass is 16.3. The topological polar surface area (TPSA) is 35.9 Å². The smallest absolute Gasteiger partial charge is 0.151 e. The summed E-state index contributed by atoms with van der Waals surface area (Å²) in [6.45, 7) is 0. The van der Waals surface area contributed by atoms with Crippen LogP contribution < -0.4 is 0 Å². The van der Waals surface area contributed by atoms with E-state index in [1.54, 1.807) is 6.26 Å². The molecule has 0 aliphatic rings. The average molecular weight is 602 g/mol. The second-order valence-electron chi connectivity index (χ2n) is 12.0. The van der Waals surface area contributed by atoms with Gasteiger partial charge in [0.25, 0.3) is 0 Å². The summed E-state index contributed by atoms with van der Waals surface area (Å²) < 4.78 is 10.8. The maximum atomic E-state index is 6.18. The van der Waals surface area contributed by atoms with Crippen LogP contribution in [0.5, 0.6) is 0 Å². The molecule has 47 heavy (non-hydrogen) atoms. The second kappa shape index (κ2) is 10.1. The van der Waals surface area contributed by atoms with Gasteiger partial charge in [-0.05, 0) is 81.5 Å². The number of benzene rings is 6. The van der Waals surface area contributed by atoms with Crippen LogP contribution in [0.25, 0.3) is 87.5 Å². The van der Waals surface area contributed by atoms with Crippen LogP contribution in [-0.4, -0.2) is 14.1 Å². The quantitative estimate of drug-likeness (QED) is 0.198. The van der Waals surface area contributed by atoms with Gasteiger partial charge in [0.2, 0.25) is 0 Å². The first-order chi connectivity index (χ1) is 23.3. The van der Waals surface area contributed by atoms with E-state index in [0.29, 0.717) is 0 Å². The molecule has 0 N–H and O–H groups in total. The van der Waals surface area contributed by atoms with Gasteiger partial charge in [0.05, 0.1) is 22.1 Å². The highest BCUT2D eigenvalue weighted by Crippen LogP contribution is 2.39.